The molecule has 0 aromatic heterocycles. The Morgan fingerprint density at radius 1 is 1.13 bits per heavy atom. The molecule has 3 amide bonds. The topological polar surface area (TPSA) is 60.9 Å². The van der Waals surface area contributed by atoms with Gasteiger partial charge >= 0.3 is 0 Å². The van der Waals surface area contributed by atoms with Crippen LogP contribution in [0.25, 0.3) is 0 Å². The van der Waals surface area contributed by atoms with Gasteiger partial charge in [0.15, 0.2) is 0 Å². The minimum atomic E-state index is -0.708. The summed E-state index contributed by atoms with van der Waals surface area (Å²) in [6, 6.07) is -0.445. The molecule has 0 N–H and O–H groups in total. The second kappa shape index (κ2) is 5.98. The van der Waals surface area contributed by atoms with Crippen molar-refractivity contribution in [1.82, 2.24) is 14.7 Å². The van der Waals surface area contributed by atoms with Crippen LogP contribution >= 0.6 is 0 Å². The first-order chi connectivity index (χ1) is 11.0. The van der Waals surface area contributed by atoms with Crippen LogP contribution in [0.5, 0.6) is 0 Å². The molecule has 2 aliphatic heterocycles. The smallest absolute Gasteiger partial charge is 0.249 e. The summed E-state index contributed by atoms with van der Waals surface area (Å²) in [6.07, 6.45) is 5.89. The van der Waals surface area contributed by atoms with E-state index in [2.05, 4.69) is 6.58 Å². The molecule has 2 saturated heterocycles. The van der Waals surface area contributed by atoms with Crippen molar-refractivity contribution in [1.29, 1.82) is 0 Å². The number of carbonyl (C=O) groups excluding carboxylic acids is 3. The van der Waals surface area contributed by atoms with Gasteiger partial charge in [-0.3, -0.25) is 14.4 Å². The Hall–Kier alpha value is -1.85. The quantitative estimate of drug-likeness (QED) is 0.722. The van der Waals surface area contributed by atoms with Gasteiger partial charge in [0.25, 0.3) is 0 Å². The summed E-state index contributed by atoms with van der Waals surface area (Å²) < 4.78 is 0. The number of hydrogen-bond acceptors (Lipinski definition) is 3. The van der Waals surface area contributed by atoms with E-state index in [1.54, 1.807) is 9.80 Å². The fourth-order valence-corrected chi connectivity index (χ4v) is 3.82. The van der Waals surface area contributed by atoms with Gasteiger partial charge < -0.3 is 14.7 Å². The summed E-state index contributed by atoms with van der Waals surface area (Å²) in [6.45, 7) is 7.81. The molecule has 3 aliphatic rings. The fraction of sp³-hybridized carbons (Fsp3) is 0.706. The Morgan fingerprint density at radius 2 is 1.78 bits per heavy atom. The third-order valence-corrected chi connectivity index (χ3v) is 5.40. The second-order valence-electron chi connectivity index (χ2n) is 6.79. The van der Waals surface area contributed by atoms with Gasteiger partial charge in [-0.1, -0.05) is 6.58 Å². The molecular weight excluding hydrogens is 294 g/mol. The standard InChI is InChI=1S/C17H25N3O3/c1-3-14(21)20-12-11-19(16(23)17(20)7-8-17)13(2)15(22)18-9-5-4-6-10-18/h3,13H,1,4-12H2,2H3. The van der Waals surface area contributed by atoms with Crippen molar-refractivity contribution in [3.63, 3.8) is 0 Å². The largest absolute Gasteiger partial charge is 0.341 e. The zero-order valence-electron chi connectivity index (χ0n) is 13.8. The maximum absolute atomic E-state index is 12.9. The second-order valence-corrected chi connectivity index (χ2v) is 6.79. The lowest BCUT2D eigenvalue weighted by Gasteiger charge is -2.44. The zero-order chi connectivity index (χ0) is 16.6. The number of carbonyl (C=O) groups is 3. The summed E-state index contributed by atoms with van der Waals surface area (Å²) in [5.41, 5.74) is -0.708. The number of likely N-dealkylation sites (tertiary alicyclic amines) is 1. The SMILES string of the molecule is C=CC(=O)N1CCN(C(C)C(=O)N2CCCCC2)C(=O)C12CC2. The Balaban J connectivity index is 1.72. The van der Waals surface area contributed by atoms with Crippen LogP contribution in [0.4, 0.5) is 0 Å². The van der Waals surface area contributed by atoms with E-state index in [4.69, 9.17) is 0 Å². The van der Waals surface area contributed by atoms with Gasteiger partial charge in [-0.25, -0.2) is 0 Å². The number of amides is 3. The van der Waals surface area contributed by atoms with E-state index in [9.17, 15) is 14.4 Å². The van der Waals surface area contributed by atoms with Gasteiger partial charge in [0.1, 0.15) is 11.6 Å². The molecule has 23 heavy (non-hydrogen) atoms. The van der Waals surface area contributed by atoms with E-state index in [0.29, 0.717) is 25.9 Å². The minimum absolute atomic E-state index is 0.0392. The first kappa shape index (κ1) is 16.0. The van der Waals surface area contributed by atoms with E-state index < -0.39 is 11.6 Å². The fourth-order valence-electron chi connectivity index (χ4n) is 3.82. The van der Waals surface area contributed by atoms with Gasteiger partial charge in [-0.15, -0.1) is 0 Å². The van der Waals surface area contributed by atoms with Gasteiger partial charge in [-0.2, -0.15) is 0 Å². The summed E-state index contributed by atoms with van der Waals surface area (Å²) in [7, 11) is 0. The Kier molecular flexibility index (Phi) is 4.17. The van der Waals surface area contributed by atoms with E-state index >= 15 is 0 Å². The molecule has 126 valence electrons. The Morgan fingerprint density at radius 3 is 2.35 bits per heavy atom. The van der Waals surface area contributed by atoms with Gasteiger partial charge in [0, 0.05) is 26.2 Å². The van der Waals surface area contributed by atoms with Crippen molar-refractivity contribution in [2.45, 2.75) is 50.6 Å². The normalized spacial score (nSPS) is 24.6. The predicted molar refractivity (Wildman–Crippen MR) is 85.5 cm³/mol. The molecule has 6 heteroatoms. The number of piperazine rings is 1. The van der Waals surface area contributed by atoms with Crippen LogP contribution in [0, 0.1) is 0 Å². The molecular formula is C17H25N3O3. The van der Waals surface area contributed by atoms with E-state index in [0.717, 1.165) is 25.9 Å². The minimum Gasteiger partial charge on any atom is -0.341 e. The number of piperidine rings is 1. The monoisotopic (exact) mass is 319 g/mol. The van der Waals surface area contributed by atoms with Crippen molar-refractivity contribution in [2.75, 3.05) is 26.2 Å². The molecule has 1 saturated carbocycles. The molecule has 2 heterocycles. The summed E-state index contributed by atoms with van der Waals surface area (Å²) >= 11 is 0. The lowest BCUT2D eigenvalue weighted by molar-refractivity contribution is -0.158. The van der Waals surface area contributed by atoms with Gasteiger partial charge in [0.2, 0.25) is 17.7 Å². The van der Waals surface area contributed by atoms with E-state index in [-0.39, 0.29) is 17.7 Å². The lowest BCUT2D eigenvalue weighted by Crippen LogP contribution is -2.64. The maximum Gasteiger partial charge on any atom is 0.249 e. The third-order valence-electron chi connectivity index (χ3n) is 5.40. The summed E-state index contributed by atoms with van der Waals surface area (Å²) in [5.74, 6) is -0.223. The molecule has 0 aromatic carbocycles. The molecule has 0 aromatic rings. The highest BCUT2D eigenvalue weighted by atomic mass is 16.2. The van der Waals surface area contributed by atoms with Crippen molar-refractivity contribution in [2.24, 2.45) is 0 Å². The maximum atomic E-state index is 12.9. The average Bonchev–Trinajstić information content (AvgIpc) is 3.37. The highest BCUT2D eigenvalue weighted by Gasteiger charge is 2.60. The Labute approximate surface area is 137 Å². The third kappa shape index (κ3) is 2.64. The molecule has 3 fully saturated rings. The van der Waals surface area contributed by atoms with Crippen molar-refractivity contribution >= 4 is 17.7 Å². The lowest BCUT2D eigenvalue weighted by atomic mass is 10.0. The predicted octanol–water partition coefficient (Wildman–Crippen LogP) is 0.777. The van der Waals surface area contributed by atoms with Crippen LogP contribution in [0.3, 0.4) is 0 Å². The molecule has 1 aliphatic carbocycles. The van der Waals surface area contributed by atoms with Crippen LogP contribution in [-0.4, -0.2) is 70.2 Å². The molecule has 1 spiro atoms. The molecule has 0 radical (unpaired) electrons. The van der Waals surface area contributed by atoms with E-state index in [1.807, 2.05) is 11.8 Å². The molecule has 1 unspecified atom stereocenters. The molecule has 6 nitrogen and oxygen atoms in total. The zero-order valence-corrected chi connectivity index (χ0v) is 13.8. The highest BCUT2D eigenvalue weighted by molar-refractivity contribution is 6.00. The van der Waals surface area contributed by atoms with Crippen molar-refractivity contribution in [3.05, 3.63) is 12.7 Å². The van der Waals surface area contributed by atoms with Gasteiger partial charge in [0.05, 0.1) is 0 Å². The molecule has 1 atom stereocenters. The number of rotatable bonds is 3. The first-order valence-corrected chi connectivity index (χ1v) is 8.55. The molecule has 0 bridgehead atoms. The first-order valence-electron chi connectivity index (χ1n) is 8.55. The molecule has 3 rings (SSSR count). The number of hydrogen-bond donors (Lipinski definition) is 0. The van der Waals surface area contributed by atoms with Gasteiger partial charge in [-0.05, 0) is 45.1 Å². The van der Waals surface area contributed by atoms with Crippen LogP contribution in [-0.2, 0) is 14.4 Å². The van der Waals surface area contributed by atoms with Crippen LogP contribution in [0.2, 0.25) is 0 Å². The summed E-state index contributed by atoms with van der Waals surface area (Å²) in [5, 5.41) is 0. The van der Waals surface area contributed by atoms with Crippen molar-refractivity contribution in [3.8, 4) is 0 Å². The number of nitrogens with zero attached hydrogens (tertiary/aromatic N) is 3. The highest BCUT2D eigenvalue weighted by Crippen LogP contribution is 2.45. The Bertz CT molecular complexity index is 535. The van der Waals surface area contributed by atoms with Crippen LogP contribution in [0.1, 0.15) is 39.0 Å². The van der Waals surface area contributed by atoms with Crippen LogP contribution < -0.4 is 0 Å². The van der Waals surface area contributed by atoms with Crippen molar-refractivity contribution < 1.29 is 14.4 Å². The average molecular weight is 319 g/mol. The van der Waals surface area contributed by atoms with E-state index in [1.165, 1.54) is 12.5 Å². The summed E-state index contributed by atoms with van der Waals surface area (Å²) in [4.78, 5) is 42.8. The van der Waals surface area contributed by atoms with Crippen LogP contribution in [0.15, 0.2) is 12.7 Å².